The van der Waals surface area contributed by atoms with Crippen LogP contribution in [0.1, 0.15) is 48.9 Å². The highest BCUT2D eigenvalue weighted by molar-refractivity contribution is 9.10. The maximum atomic E-state index is 9.92. The third kappa shape index (κ3) is 3.59. The van der Waals surface area contributed by atoms with E-state index in [0.717, 1.165) is 28.6 Å². The lowest BCUT2D eigenvalue weighted by Crippen LogP contribution is -2.31. The lowest BCUT2D eigenvalue weighted by atomic mass is 9.78. The Bertz CT molecular complexity index is 1250. The number of fused-ring (bicyclic) bond motifs is 3. The monoisotopic (exact) mass is 493 g/mol. The first-order chi connectivity index (χ1) is 15.4. The molecule has 164 valence electrons. The van der Waals surface area contributed by atoms with Crippen molar-refractivity contribution >= 4 is 32.7 Å². The van der Waals surface area contributed by atoms with Crippen molar-refractivity contribution in [2.45, 2.75) is 32.1 Å². The van der Waals surface area contributed by atoms with Gasteiger partial charge in [-0.05, 0) is 52.0 Å². The molecule has 1 aromatic heterocycles. The Morgan fingerprint density at radius 2 is 1.97 bits per heavy atom. The summed E-state index contributed by atoms with van der Waals surface area (Å²) in [6.07, 6.45) is 0.975. The zero-order valence-electron chi connectivity index (χ0n) is 18.4. The fourth-order valence-corrected chi connectivity index (χ4v) is 4.78. The highest BCUT2D eigenvalue weighted by atomic mass is 79.9. The van der Waals surface area contributed by atoms with Gasteiger partial charge in [0.1, 0.15) is 11.4 Å². The lowest BCUT2D eigenvalue weighted by molar-refractivity contribution is 0.352. The molecule has 0 saturated heterocycles. The van der Waals surface area contributed by atoms with Crippen LogP contribution in [-0.2, 0) is 0 Å². The molecule has 6 nitrogen and oxygen atoms in total. The summed E-state index contributed by atoms with van der Waals surface area (Å²) in [5.74, 6) is 0.701. The van der Waals surface area contributed by atoms with Crippen LogP contribution in [0.5, 0.6) is 17.2 Å². The van der Waals surface area contributed by atoms with Gasteiger partial charge in [-0.3, -0.25) is 5.41 Å². The molecule has 3 unspecified atom stereocenters. The van der Waals surface area contributed by atoms with Crippen molar-refractivity contribution in [3.8, 4) is 23.3 Å². The van der Waals surface area contributed by atoms with Crippen LogP contribution in [-0.4, -0.2) is 25.1 Å². The molecule has 2 heterocycles. The molecular weight excluding hydrogens is 470 g/mol. The SMILES string of the molecule is CCC(C)c1ccc2ccc3c(c2n1)OC(=N)C(C#N)C3c1cc(Br)c(OC)c(OC)c1. The predicted molar refractivity (Wildman–Crippen MR) is 127 cm³/mol. The molecule has 1 aliphatic rings. The minimum absolute atomic E-state index is 0.0841. The smallest absolute Gasteiger partial charge is 0.205 e. The molecule has 7 heteroatoms. The van der Waals surface area contributed by atoms with Crippen LogP contribution in [0.3, 0.4) is 0 Å². The second kappa shape index (κ2) is 8.79. The van der Waals surface area contributed by atoms with Crippen LogP contribution in [0.2, 0.25) is 0 Å². The molecule has 0 bridgehead atoms. The highest BCUT2D eigenvalue weighted by Crippen LogP contribution is 2.48. The maximum absolute atomic E-state index is 9.92. The normalized spacial score (nSPS) is 18.4. The number of benzene rings is 2. The molecule has 2 aromatic carbocycles. The zero-order valence-corrected chi connectivity index (χ0v) is 20.0. The van der Waals surface area contributed by atoms with Crippen LogP contribution in [0.25, 0.3) is 10.9 Å². The molecule has 0 saturated carbocycles. The first-order valence-corrected chi connectivity index (χ1v) is 11.2. The van der Waals surface area contributed by atoms with Crippen LogP contribution in [0.4, 0.5) is 0 Å². The van der Waals surface area contributed by atoms with E-state index in [0.29, 0.717) is 33.2 Å². The lowest BCUT2D eigenvalue weighted by Gasteiger charge is -2.31. The Hall–Kier alpha value is -3.11. The fraction of sp³-hybridized carbons (Fsp3) is 0.320. The van der Waals surface area contributed by atoms with Gasteiger partial charge in [-0.15, -0.1) is 0 Å². The van der Waals surface area contributed by atoms with Crippen molar-refractivity contribution in [3.63, 3.8) is 0 Å². The number of nitrogens with one attached hydrogen (secondary N) is 1. The van der Waals surface area contributed by atoms with E-state index in [9.17, 15) is 5.26 Å². The number of aromatic nitrogens is 1. The Kier molecular flexibility index (Phi) is 6.07. The minimum atomic E-state index is -0.775. The third-order valence-electron chi connectivity index (χ3n) is 6.10. The highest BCUT2D eigenvalue weighted by Gasteiger charge is 2.38. The predicted octanol–water partition coefficient (Wildman–Crippen LogP) is 6.17. The quantitative estimate of drug-likeness (QED) is 0.458. The van der Waals surface area contributed by atoms with Crippen molar-refractivity contribution in [2.75, 3.05) is 14.2 Å². The van der Waals surface area contributed by atoms with Crippen LogP contribution in [0.15, 0.2) is 40.9 Å². The molecule has 0 radical (unpaired) electrons. The molecule has 0 fully saturated rings. The van der Waals surface area contributed by atoms with E-state index >= 15 is 0 Å². The summed E-state index contributed by atoms with van der Waals surface area (Å²) in [5, 5.41) is 19.4. The average Bonchev–Trinajstić information content (AvgIpc) is 2.81. The Balaban J connectivity index is 1.97. The number of pyridine rings is 1. The molecule has 3 aromatic rings. The van der Waals surface area contributed by atoms with E-state index in [1.165, 1.54) is 0 Å². The molecule has 1 N–H and O–H groups in total. The number of hydrogen-bond donors (Lipinski definition) is 1. The van der Waals surface area contributed by atoms with Gasteiger partial charge >= 0.3 is 0 Å². The van der Waals surface area contributed by atoms with E-state index in [1.54, 1.807) is 14.2 Å². The number of ether oxygens (including phenoxy) is 3. The Morgan fingerprint density at radius 3 is 2.62 bits per heavy atom. The summed E-state index contributed by atoms with van der Waals surface area (Å²) in [6, 6.07) is 14.1. The number of nitriles is 1. The number of hydrogen-bond acceptors (Lipinski definition) is 6. The van der Waals surface area contributed by atoms with Gasteiger partial charge in [-0.2, -0.15) is 5.26 Å². The van der Waals surface area contributed by atoms with Gasteiger partial charge in [-0.25, -0.2) is 4.98 Å². The molecule has 1 aliphatic heterocycles. The van der Waals surface area contributed by atoms with Gasteiger partial charge in [0.25, 0.3) is 0 Å². The summed E-state index contributed by atoms with van der Waals surface area (Å²) in [5.41, 5.74) is 3.35. The summed E-state index contributed by atoms with van der Waals surface area (Å²) in [7, 11) is 3.15. The molecule has 32 heavy (non-hydrogen) atoms. The van der Waals surface area contributed by atoms with Crippen molar-refractivity contribution in [1.29, 1.82) is 10.7 Å². The number of rotatable bonds is 5. The van der Waals surface area contributed by atoms with E-state index in [2.05, 4.69) is 35.8 Å². The first kappa shape index (κ1) is 22.1. The Morgan fingerprint density at radius 1 is 1.22 bits per heavy atom. The molecule has 0 aliphatic carbocycles. The average molecular weight is 494 g/mol. The number of methoxy groups -OCH3 is 2. The molecule has 4 rings (SSSR count). The van der Waals surface area contributed by atoms with Crippen molar-refractivity contribution in [3.05, 3.63) is 57.7 Å². The van der Waals surface area contributed by atoms with Gasteiger partial charge in [0.05, 0.1) is 24.8 Å². The summed E-state index contributed by atoms with van der Waals surface area (Å²) < 4.78 is 17.6. The van der Waals surface area contributed by atoms with E-state index in [4.69, 9.17) is 24.6 Å². The second-order valence-corrected chi connectivity index (χ2v) is 8.74. The minimum Gasteiger partial charge on any atom is -0.493 e. The fourth-order valence-electron chi connectivity index (χ4n) is 4.16. The summed E-state index contributed by atoms with van der Waals surface area (Å²) in [6.45, 7) is 4.27. The van der Waals surface area contributed by atoms with Crippen molar-refractivity contribution < 1.29 is 14.2 Å². The largest absolute Gasteiger partial charge is 0.493 e. The molecule has 0 spiro atoms. The van der Waals surface area contributed by atoms with E-state index in [-0.39, 0.29) is 5.90 Å². The van der Waals surface area contributed by atoms with Gasteiger partial charge < -0.3 is 14.2 Å². The third-order valence-corrected chi connectivity index (χ3v) is 6.69. The Labute approximate surface area is 195 Å². The number of halogens is 1. The summed E-state index contributed by atoms with van der Waals surface area (Å²) in [4.78, 5) is 4.89. The molecular formula is C25H24BrN3O3. The van der Waals surface area contributed by atoms with Gasteiger partial charge in [0.15, 0.2) is 17.2 Å². The maximum Gasteiger partial charge on any atom is 0.205 e. The van der Waals surface area contributed by atoms with E-state index < -0.39 is 11.8 Å². The van der Waals surface area contributed by atoms with Gasteiger partial charge in [-0.1, -0.05) is 32.0 Å². The van der Waals surface area contributed by atoms with Crippen LogP contribution < -0.4 is 14.2 Å². The van der Waals surface area contributed by atoms with Crippen LogP contribution in [0, 0.1) is 22.7 Å². The topological polar surface area (TPSA) is 88.2 Å². The zero-order chi connectivity index (χ0) is 23.0. The summed E-state index contributed by atoms with van der Waals surface area (Å²) >= 11 is 3.55. The van der Waals surface area contributed by atoms with Crippen LogP contribution >= 0.6 is 15.9 Å². The van der Waals surface area contributed by atoms with Crippen molar-refractivity contribution in [1.82, 2.24) is 4.98 Å². The van der Waals surface area contributed by atoms with E-state index in [1.807, 2.05) is 36.4 Å². The standard InChI is InChI=1S/C25H24BrN3O3/c1-5-13(2)19-9-7-14-6-8-16-21(15-10-18(26)24(31-4)20(11-15)30-3)17(12-27)25(28)32-23(16)22(14)29-19/h6-11,13,17,21,28H,5H2,1-4H3. The van der Waals surface area contributed by atoms with Crippen molar-refractivity contribution in [2.24, 2.45) is 5.92 Å². The second-order valence-electron chi connectivity index (χ2n) is 7.89. The number of nitrogens with zero attached hydrogens (tertiary/aromatic N) is 2. The molecule has 0 amide bonds. The van der Waals surface area contributed by atoms with Gasteiger partial charge in [0.2, 0.25) is 5.90 Å². The van der Waals surface area contributed by atoms with Gasteiger partial charge in [0, 0.05) is 22.6 Å². The molecule has 3 atom stereocenters. The first-order valence-electron chi connectivity index (χ1n) is 10.4.